The largest absolute Gasteiger partial charge is 0.497 e. The van der Waals surface area contributed by atoms with Crippen molar-refractivity contribution >= 4 is 22.5 Å². The fourth-order valence-electron chi connectivity index (χ4n) is 1.75. The van der Waals surface area contributed by atoms with Crippen LogP contribution in [-0.2, 0) is 0 Å². The third-order valence-corrected chi connectivity index (χ3v) is 2.99. The average molecular weight is 283 g/mol. The fourth-order valence-corrected chi connectivity index (χ4v) is 2.02. The van der Waals surface area contributed by atoms with Crippen LogP contribution >= 0.6 is 11.6 Å². The smallest absolute Gasteiger partial charge is 0.233 e. The van der Waals surface area contributed by atoms with Crippen molar-refractivity contribution in [3.63, 3.8) is 0 Å². The summed E-state index contributed by atoms with van der Waals surface area (Å²) in [4.78, 5) is 13.9. The van der Waals surface area contributed by atoms with E-state index in [1.165, 1.54) is 7.11 Å². The van der Waals surface area contributed by atoms with Gasteiger partial charge in [0.15, 0.2) is 0 Å². The summed E-state index contributed by atoms with van der Waals surface area (Å²) in [5, 5.41) is 20.9. The highest BCUT2D eigenvalue weighted by Crippen LogP contribution is 2.28. The van der Waals surface area contributed by atoms with Gasteiger partial charge in [-0.1, -0.05) is 11.6 Å². The Morgan fingerprint density at radius 1 is 1.53 bits per heavy atom. The van der Waals surface area contributed by atoms with Gasteiger partial charge < -0.3 is 9.84 Å². The van der Waals surface area contributed by atoms with Crippen LogP contribution in [0.25, 0.3) is 10.9 Å². The van der Waals surface area contributed by atoms with Crippen molar-refractivity contribution in [3.8, 4) is 5.75 Å². The van der Waals surface area contributed by atoms with Gasteiger partial charge in [0.25, 0.3) is 0 Å². The zero-order chi connectivity index (χ0) is 14.0. The van der Waals surface area contributed by atoms with Gasteiger partial charge in [-0.15, -0.1) is 0 Å². The summed E-state index contributed by atoms with van der Waals surface area (Å²) in [5.41, 5.74) is 0.863. The number of ether oxygens (including phenoxy) is 1. The van der Waals surface area contributed by atoms with Gasteiger partial charge in [0.1, 0.15) is 17.0 Å². The van der Waals surface area contributed by atoms with Gasteiger partial charge in [-0.25, -0.2) is 4.98 Å². The normalized spacial score (nSPS) is 12.4. The van der Waals surface area contributed by atoms with Crippen LogP contribution in [0, 0.1) is 10.1 Å². The lowest BCUT2D eigenvalue weighted by Crippen LogP contribution is -2.12. The molecule has 0 spiro atoms. The van der Waals surface area contributed by atoms with E-state index in [0.717, 1.165) is 0 Å². The minimum atomic E-state index is -1.29. The zero-order valence-corrected chi connectivity index (χ0v) is 10.8. The summed E-state index contributed by atoms with van der Waals surface area (Å²) in [5.74, 6) is 0.631. The number of pyridine rings is 1. The molecule has 100 valence electrons. The first kappa shape index (κ1) is 13.5. The second-order valence-corrected chi connectivity index (χ2v) is 4.32. The number of halogens is 1. The van der Waals surface area contributed by atoms with Crippen molar-refractivity contribution in [1.82, 2.24) is 4.98 Å². The summed E-state index contributed by atoms with van der Waals surface area (Å²) in [6.45, 7) is -0.614. The maximum atomic E-state index is 10.4. The minimum Gasteiger partial charge on any atom is -0.497 e. The van der Waals surface area contributed by atoms with Gasteiger partial charge in [-0.2, -0.15) is 0 Å². The molecule has 2 aromatic rings. The predicted molar refractivity (Wildman–Crippen MR) is 70.1 cm³/mol. The van der Waals surface area contributed by atoms with Crippen LogP contribution in [-0.4, -0.2) is 28.7 Å². The number of aliphatic hydroxyl groups excluding tert-OH is 1. The number of fused-ring (bicyclic) bond motifs is 1. The Balaban J connectivity index is 2.49. The van der Waals surface area contributed by atoms with Crippen LogP contribution in [0.15, 0.2) is 24.3 Å². The number of nitrogens with zero attached hydrogens (tertiary/aromatic N) is 2. The first-order valence-electron chi connectivity index (χ1n) is 5.45. The molecule has 0 saturated heterocycles. The SMILES string of the molecule is COc1ccc2nc(Cl)c(C(O)C[N+](=O)[O-])cc2c1. The van der Waals surface area contributed by atoms with E-state index in [1.54, 1.807) is 24.3 Å². The number of rotatable bonds is 4. The van der Waals surface area contributed by atoms with E-state index in [2.05, 4.69) is 4.98 Å². The molecule has 6 nitrogen and oxygen atoms in total. The first-order chi connectivity index (χ1) is 9.01. The van der Waals surface area contributed by atoms with Crippen molar-refractivity contribution in [1.29, 1.82) is 0 Å². The maximum Gasteiger partial charge on any atom is 0.233 e. The summed E-state index contributed by atoms with van der Waals surface area (Å²) in [6, 6.07) is 6.77. The molecular formula is C12H11ClN2O4. The minimum absolute atomic E-state index is 0.0621. The zero-order valence-electron chi connectivity index (χ0n) is 10.0. The molecule has 1 aromatic carbocycles. The van der Waals surface area contributed by atoms with Gasteiger partial charge in [-0.3, -0.25) is 10.1 Å². The molecule has 1 aromatic heterocycles. The standard InChI is InChI=1S/C12H11ClN2O4/c1-19-8-2-3-10-7(4-8)5-9(12(13)14-10)11(16)6-15(17)18/h2-5,11,16H,6H2,1H3. The molecule has 0 radical (unpaired) electrons. The number of methoxy groups -OCH3 is 1. The third kappa shape index (κ3) is 2.91. The van der Waals surface area contributed by atoms with Crippen molar-refractivity contribution in [2.45, 2.75) is 6.10 Å². The third-order valence-electron chi connectivity index (χ3n) is 2.68. The van der Waals surface area contributed by atoms with Gasteiger partial charge in [0, 0.05) is 15.9 Å². The maximum absolute atomic E-state index is 10.4. The molecule has 7 heteroatoms. The number of nitro groups is 1. The molecule has 2 rings (SSSR count). The van der Waals surface area contributed by atoms with E-state index < -0.39 is 17.6 Å². The number of aliphatic hydroxyl groups is 1. The van der Waals surface area contributed by atoms with Crippen LogP contribution in [0.5, 0.6) is 5.75 Å². The van der Waals surface area contributed by atoms with E-state index in [0.29, 0.717) is 16.7 Å². The molecule has 0 bridgehead atoms. The summed E-state index contributed by atoms with van der Waals surface area (Å²) < 4.78 is 5.09. The molecule has 0 amide bonds. The van der Waals surface area contributed by atoms with Crippen LogP contribution in [0.4, 0.5) is 0 Å². The lowest BCUT2D eigenvalue weighted by Gasteiger charge is -2.10. The van der Waals surface area contributed by atoms with Gasteiger partial charge >= 0.3 is 0 Å². The molecule has 0 aliphatic carbocycles. The lowest BCUT2D eigenvalue weighted by molar-refractivity contribution is -0.491. The van der Waals surface area contributed by atoms with E-state index in [4.69, 9.17) is 16.3 Å². The monoisotopic (exact) mass is 282 g/mol. The Bertz CT molecular complexity index is 632. The Labute approximate surface area is 113 Å². The quantitative estimate of drug-likeness (QED) is 0.528. The van der Waals surface area contributed by atoms with Crippen LogP contribution in [0.2, 0.25) is 5.15 Å². The highest BCUT2D eigenvalue weighted by atomic mass is 35.5. The number of aromatic nitrogens is 1. The highest BCUT2D eigenvalue weighted by Gasteiger charge is 2.19. The van der Waals surface area contributed by atoms with Crippen molar-refractivity contribution in [2.24, 2.45) is 0 Å². The van der Waals surface area contributed by atoms with Gasteiger partial charge in [0.2, 0.25) is 6.54 Å². The van der Waals surface area contributed by atoms with Crippen LogP contribution in [0.3, 0.4) is 0 Å². The molecule has 0 fully saturated rings. The van der Waals surface area contributed by atoms with E-state index in [-0.39, 0.29) is 10.7 Å². The van der Waals surface area contributed by atoms with E-state index in [9.17, 15) is 15.2 Å². The van der Waals surface area contributed by atoms with Crippen LogP contribution < -0.4 is 4.74 Å². The van der Waals surface area contributed by atoms with Crippen molar-refractivity contribution in [2.75, 3.05) is 13.7 Å². The topological polar surface area (TPSA) is 85.5 Å². The number of hydrogen-bond donors (Lipinski definition) is 1. The Morgan fingerprint density at radius 3 is 2.89 bits per heavy atom. The average Bonchev–Trinajstić information content (AvgIpc) is 2.36. The first-order valence-corrected chi connectivity index (χ1v) is 5.83. The second-order valence-electron chi connectivity index (χ2n) is 3.96. The Morgan fingerprint density at radius 2 is 2.26 bits per heavy atom. The number of benzene rings is 1. The second kappa shape index (κ2) is 5.38. The lowest BCUT2D eigenvalue weighted by atomic mass is 10.1. The van der Waals surface area contributed by atoms with Crippen LogP contribution in [0.1, 0.15) is 11.7 Å². The highest BCUT2D eigenvalue weighted by molar-refractivity contribution is 6.30. The fraction of sp³-hybridized carbons (Fsp3) is 0.250. The molecular weight excluding hydrogens is 272 g/mol. The Kier molecular flexibility index (Phi) is 3.82. The van der Waals surface area contributed by atoms with Crippen molar-refractivity contribution in [3.05, 3.63) is 45.1 Å². The summed E-state index contributed by atoms with van der Waals surface area (Å²) in [6.07, 6.45) is -1.29. The predicted octanol–water partition coefficient (Wildman–Crippen LogP) is 2.21. The summed E-state index contributed by atoms with van der Waals surface area (Å²) >= 11 is 5.93. The van der Waals surface area contributed by atoms with E-state index in [1.807, 2.05) is 0 Å². The van der Waals surface area contributed by atoms with E-state index >= 15 is 0 Å². The van der Waals surface area contributed by atoms with Crippen molar-refractivity contribution < 1.29 is 14.8 Å². The molecule has 0 aliphatic rings. The molecule has 1 heterocycles. The molecule has 1 unspecified atom stereocenters. The molecule has 0 saturated carbocycles. The molecule has 1 N–H and O–H groups in total. The summed E-state index contributed by atoms with van der Waals surface area (Å²) in [7, 11) is 1.53. The number of hydrogen-bond acceptors (Lipinski definition) is 5. The molecule has 1 atom stereocenters. The van der Waals surface area contributed by atoms with Gasteiger partial charge in [-0.05, 0) is 24.3 Å². The van der Waals surface area contributed by atoms with Gasteiger partial charge in [0.05, 0.1) is 12.6 Å². The molecule has 19 heavy (non-hydrogen) atoms. The molecule has 0 aliphatic heterocycles. The Hall–Kier alpha value is -1.92.